The molecular weight excluding hydrogens is 401 g/mol. The number of rotatable bonds is 4. The van der Waals surface area contributed by atoms with Crippen LogP contribution in [0.1, 0.15) is 40.7 Å². The Labute approximate surface area is 180 Å². The summed E-state index contributed by atoms with van der Waals surface area (Å²) in [5.74, 6) is -0.343. The van der Waals surface area contributed by atoms with Crippen molar-refractivity contribution in [2.24, 2.45) is 0 Å². The molecule has 0 saturated carbocycles. The van der Waals surface area contributed by atoms with E-state index in [1.807, 2.05) is 39.2 Å². The molecule has 0 radical (unpaired) electrons. The third-order valence-electron chi connectivity index (χ3n) is 4.95. The highest BCUT2D eigenvalue weighted by Crippen LogP contribution is 2.32. The topological polar surface area (TPSA) is 82.4 Å². The maximum atomic E-state index is 14.4. The van der Waals surface area contributed by atoms with Crippen molar-refractivity contribution in [2.75, 3.05) is 13.1 Å². The Bertz CT molecular complexity index is 1120. The largest absolute Gasteiger partial charge is 0.484 e. The zero-order valence-electron chi connectivity index (χ0n) is 18.3. The average Bonchev–Trinajstić information content (AvgIpc) is 3.08. The van der Waals surface area contributed by atoms with Crippen LogP contribution in [0.3, 0.4) is 0 Å². The molecule has 1 aliphatic rings. The molecule has 8 nitrogen and oxygen atoms in total. The second kappa shape index (κ2) is 7.79. The van der Waals surface area contributed by atoms with E-state index in [1.54, 1.807) is 24.7 Å². The lowest BCUT2D eigenvalue weighted by Gasteiger charge is -2.39. The summed E-state index contributed by atoms with van der Waals surface area (Å²) in [6.45, 7) is 10.2. The van der Waals surface area contributed by atoms with Gasteiger partial charge < -0.3 is 18.9 Å². The van der Waals surface area contributed by atoms with E-state index < -0.39 is 17.5 Å². The van der Waals surface area contributed by atoms with Gasteiger partial charge in [-0.25, -0.2) is 14.2 Å². The molecule has 1 amide bonds. The maximum absolute atomic E-state index is 14.4. The zero-order valence-corrected chi connectivity index (χ0v) is 18.3. The van der Waals surface area contributed by atoms with E-state index in [4.69, 9.17) is 9.47 Å². The molecule has 31 heavy (non-hydrogen) atoms. The molecule has 0 unspecified atom stereocenters. The smallest absolute Gasteiger partial charge is 0.410 e. The molecule has 3 aromatic rings. The van der Waals surface area contributed by atoms with Gasteiger partial charge in [-0.2, -0.15) is 5.10 Å². The maximum Gasteiger partial charge on any atom is 0.410 e. The lowest BCUT2D eigenvalue weighted by Crippen LogP contribution is -2.57. The van der Waals surface area contributed by atoms with Crippen LogP contribution in [0.15, 0.2) is 30.7 Å². The number of nitrogens with zero attached hydrogens (tertiary/aromatic N) is 5. The molecule has 9 heteroatoms. The van der Waals surface area contributed by atoms with Crippen LogP contribution in [-0.4, -0.2) is 55.5 Å². The third-order valence-corrected chi connectivity index (χ3v) is 4.95. The van der Waals surface area contributed by atoms with Crippen molar-refractivity contribution in [3.63, 3.8) is 0 Å². The van der Waals surface area contributed by atoms with Gasteiger partial charge in [0, 0.05) is 11.6 Å². The van der Waals surface area contributed by atoms with Gasteiger partial charge in [0.25, 0.3) is 0 Å². The van der Waals surface area contributed by atoms with Gasteiger partial charge >= 0.3 is 6.09 Å². The van der Waals surface area contributed by atoms with Gasteiger partial charge in [-0.05, 0) is 52.3 Å². The molecule has 0 spiro atoms. The van der Waals surface area contributed by atoms with Crippen LogP contribution in [0.4, 0.5) is 9.18 Å². The predicted octanol–water partition coefficient (Wildman–Crippen LogP) is 4.21. The van der Waals surface area contributed by atoms with Crippen LogP contribution >= 0.6 is 0 Å². The highest BCUT2D eigenvalue weighted by Gasteiger charge is 2.35. The van der Waals surface area contributed by atoms with Crippen LogP contribution in [0.2, 0.25) is 0 Å². The minimum Gasteiger partial charge on any atom is -0.484 e. The molecular formula is C22H26FN5O3. The van der Waals surface area contributed by atoms with Gasteiger partial charge in [0.2, 0.25) is 0 Å². The first-order valence-corrected chi connectivity index (χ1v) is 10.2. The highest BCUT2D eigenvalue weighted by atomic mass is 19.1. The van der Waals surface area contributed by atoms with E-state index in [9.17, 15) is 9.18 Å². The van der Waals surface area contributed by atoms with Crippen molar-refractivity contribution in [3.8, 4) is 16.9 Å². The highest BCUT2D eigenvalue weighted by molar-refractivity contribution is 5.89. The molecule has 1 saturated heterocycles. The monoisotopic (exact) mass is 427 g/mol. The van der Waals surface area contributed by atoms with Gasteiger partial charge in [-0.1, -0.05) is 6.07 Å². The normalized spacial score (nSPS) is 14.7. The summed E-state index contributed by atoms with van der Waals surface area (Å²) in [5, 5.41) is 8.31. The number of amides is 1. The number of hydrogen-bond acceptors (Lipinski definition) is 6. The first kappa shape index (κ1) is 21.0. The standard InChI is InChI=1S/C22H26FN5O3/c1-13(2)28-12-24-19-16(9-25-26-20(19)28)14-6-7-17(23)18(8-14)30-15-10-27(11-15)21(29)31-22(3,4)5/h6-9,12-13,15H,10-11H2,1-5H3. The summed E-state index contributed by atoms with van der Waals surface area (Å²) in [4.78, 5) is 18.1. The molecule has 0 N–H and O–H groups in total. The average molecular weight is 427 g/mol. The van der Waals surface area contributed by atoms with Crippen molar-refractivity contribution in [2.45, 2.75) is 52.4 Å². The fourth-order valence-corrected chi connectivity index (χ4v) is 3.36. The van der Waals surface area contributed by atoms with Gasteiger partial charge in [0.15, 0.2) is 17.2 Å². The van der Waals surface area contributed by atoms with Crippen LogP contribution in [0.5, 0.6) is 5.75 Å². The number of aromatic nitrogens is 4. The fraction of sp³-hybridized carbons (Fsp3) is 0.455. The van der Waals surface area contributed by atoms with Crippen molar-refractivity contribution >= 4 is 17.3 Å². The number of imidazole rings is 1. The fourth-order valence-electron chi connectivity index (χ4n) is 3.36. The third kappa shape index (κ3) is 4.30. The number of carbonyl (C=O) groups excluding carboxylic acids is 1. The molecule has 3 heterocycles. The molecule has 1 aromatic carbocycles. The molecule has 1 aliphatic heterocycles. The van der Waals surface area contributed by atoms with E-state index in [-0.39, 0.29) is 17.9 Å². The quantitative estimate of drug-likeness (QED) is 0.620. The van der Waals surface area contributed by atoms with Crippen LogP contribution in [-0.2, 0) is 4.74 Å². The second-order valence-corrected chi connectivity index (χ2v) is 8.95. The molecule has 0 atom stereocenters. The van der Waals surface area contributed by atoms with E-state index in [2.05, 4.69) is 15.2 Å². The van der Waals surface area contributed by atoms with Gasteiger partial charge in [-0.3, -0.25) is 0 Å². The Kier molecular flexibility index (Phi) is 5.28. The number of fused-ring (bicyclic) bond motifs is 1. The second-order valence-electron chi connectivity index (χ2n) is 8.95. The van der Waals surface area contributed by atoms with Crippen LogP contribution in [0.25, 0.3) is 22.3 Å². The van der Waals surface area contributed by atoms with Crippen molar-refractivity contribution in [3.05, 3.63) is 36.5 Å². The lowest BCUT2D eigenvalue weighted by atomic mass is 10.1. The van der Waals surface area contributed by atoms with Crippen molar-refractivity contribution in [1.82, 2.24) is 24.6 Å². The SMILES string of the molecule is CC(C)n1cnc2c(-c3ccc(F)c(OC4CN(C(=O)OC(C)(C)C)C4)c3)cnnc21. The summed E-state index contributed by atoms with van der Waals surface area (Å²) in [6.07, 6.45) is 2.65. The van der Waals surface area contributed by atoms with Crippen LogP contribution in [0, 0.1) is 5.82 Å². The number of likely N-dealkylation sites (tertiary alicyclic amines) is 1. The van der Waals surface area contributed by atoms with E-state index in [1.165, 1.54) is 11.0 Å². The van der Waals surface area contributed by atoms with Gasteiger partial charge in [0.1, 0.15) is 17.2 Å². The Morgan fingerprint density at radius 1 is 1.26 bits per heavy atom. The number of ether oxygens (including phenoxy) is 2. The number of halogens is 1. The summed E-state index contributed by atoms with van der Waals surface area (Å²) < 4.78 is 27.5. The Morgan fingerprint density at radius 3 is 2.68 bits per heavy atom. The zero-order chi connectivity index (χ0) is 22.3. The predicted molar refractivity (Wildman–Crippen MR) is 113 cm³/mol. The molecule has 4 rings (SSSR count). The van der Waals surface area contributed by atoms with E-state index in [0.717, 1.165) is 11.1 Å². The Balaban J connectivity index is 1.52. The Morgan fingerprint density at radius 2 is 2.00 bits per heavy atom. The Hall–Kier alpha value is -3.23. The van der Waals surface area contributed by atoms with E-state index in [0.29, 0.717) is 24.3 Å². The molecule has 1 fully saturated rings. The van der Waals surface area contributed by atoms with Crippen molar-refractivity contribution in [1.29, 1.82) is 0 Å². The first-order chi connectivity index (χ1) is 14.6. The number of carbonyl (C=O) groups is 1. The minimum absolute atomic E-state index is 0.125. The summed E-state index contributed by atoms with van der Waals surface area (Å²) >= 11 is 0. The molecule has 164 valence electrons. The number of benzene rings is 1. The minimum atomic E-state index is -0.560. The van der Waals surface area contributed by atoms with E-state index >= 15 is 0 Å². The first-order valence-electron chi connectivity index (χ1n) is 10.2. The molecule has 0 bridgehead atoms. The summed E-state index contributed by atoms with van der Waals surface area (Å²) in [6, 6.07) is 4.85. The van der Waals surface area contributed by atoms with Crippen molar-refractivity contribution < 1.29 is 18.7 Å². The van der Waals surface area contributed by atoms with Gasteiger partial charge in [-0.15, -0.1) is 5.10 Å². The summed E-state index contributed by atoms with van der Waals surface area (Å²) in [5.41, 5.74) is 2.29. The molecule has 0 aliphatic carbocycles. The van der Waals surface area contributed by atoms with Gasteiger partial charge in [0.05, 0.1) is 25.6 Å². The van der Waals surface area contributed by atoms with Crippen LogP contribution < -0.4 is 4.74 Å². The number of hydrogen-bond donors (Lipinski definition) is 0. The lowest BCUT2D eigenvalue weighted by molar-refractivity contribution is -0.0229. The summed E-state index contributed by atoms with van der Waals surface area (Å²) in [7, 11) is 0. The molecule has 2 aromatic heterocycles.